The maximum atomic E-state index is 13.7. The quantitative estimate of drug-likeness (QED) is 0.127. The summed E-state index contributed by atoms with van der Waals surface area (Å²) >= 11 is 0. The Morgan fingerprint density at radius 3 is 1.24 bits per heavy atom. The lowest BCUT2D eigenvalue weighted by atomic mass is 9.79. The monoisotopic (exact) mass is 1770 g/mol. The highest BCUT2D eigenvalue weighted by atomic mass is 19.1. The van der Waals surface area contributed by atoms with Gasteiger partial charge in [-0.1, -0.05) is 42.5 Å². The number of halogens is 2. The molecule has 0 radical (unpaired) electrons. The fourth-order valence-corrected chi connectivity index (χ4v) is 24.1. The largest absolute Gasteiger partial charge is 0.485 e. The maximum Gasteiger partial charge on any atom is 0.156 e. The van der Waals surface area contributed by atoms with Crippen LogP contribution in [0.3, 0.4) is 0 Å². The van der Waals surface area contributed by atoms with Gasteiger partial charge in [-0.25, -0.2) is 48.7 Å². The van der Waals surface area contributed by atoms with Crippen molar-refractivity contribution < 1.29 is 27.7 Å². The van der Waals surface area contributed by atoms with Crippen LogP contribution >= 0.6 is 0 Å². The third kappa shape index (κ3) is 14.8. The van der Waals surface area contributed by atoms with Gasteiger partial charge in [0.05, 0.1) is 108 Å². The summed E-state index contributed by atoms with van der Waals surface area (Å²) in [6.07, 6.45) is 26.1. The Morgan fingerprint density at radius 2 is 0.756 bits per heavy atom. The zero-order valence-corrected chi connectivity index (χ0v) is 75.3. The number of amidine groups is 4. The number of pyridine rings is 1. The summed E-state index contributed by atoms with van der Waals surface area (Å²) < 4.78 is 52.9. The van der Waals surface area contributed by atoms with Gasteiger partial charge in [-0.2, -0.15) is 0 Å². The second-order valence-electron chi connectivity index (χ2n) is 38.9. The van der Waals surface area contributed by atoms with E-state index in [1.807, 2.05) is 56.6 Å². The average molecular weight is 1770 g/mol. The van der Waals surface area contributed by atoms with E-state index >= 15 is 0 Å². The number of piperidine rings is 7. The lowest BCUT2D eigenvalue weighted by Gasteiger charge is -2.46. The summed E-state index contributed by atoms with van der Waals surface area (Å²) in [7, 11) is 0. The van der Waals surface area contributed by atoms with Gasteiger partial charge in [-0.05, 0) is 153 Å². The molecule has 8 N–H and O–H groups in total. The van der Waals surface area contributed by atoms with Crippen LogP contribution in [0.4, 0.5) is 37.7 Å². The fourth-order valence-electron chi connectivity index (χ4n) is 24.1. The van der Waals surface area contributed by atoms with Gasteiger partial charge in [-0.3, -0.25) is 25.0 Å². The summed E-state index contributed by atoms with van der Waals surface area (Å²) in [6, 6.07) is 29.9. The van der Waals surface area contributed by atoms with E-state index < -0.39 is 11.2 Å². The van der Waals surface area contributed by atoms with Gasteiger partial charge in [0, 0.05) is 183 Å². The number of aliphatic imine (C=N–C) groups is 4. The zero-order valence-electron chi connectivity index (χ0n) is 75.3. The summed E-state index contributed by atoms with van der Waals surface area (Å²) in [6.45, 7) is 20.7. The minimum atomic E-state index is -0.477. The Bertz CT molecular complexity index is 5950. The van der Waals surface area contributed by atoms with Crippen LogP contribution in [0, 0.1) is 32.4 Å². The maximum absolute atomic E-state index is 13.7. The Balaban J connectivity index is 0.0000000995. The van der Waals surface area contributed by atoms with Gasteiger partial charge in [0.25, 0.3) is 0 Å². The summed E-state index contributed by atoms with van der Waals surface area (Å²) in [5, 5.41) is 0. The van der Waals surface area contributed by atoms with E-state index in [0.717, 1.165) is 317 Å². The molecule has 22 heterocycles. The normalized spacial score (nSPS) is 25.4. The number of benzene rings is 4. The van der Waals surface area contributed by atoms with Crippen molar-refractivity contribution >= 4 is 52.3 Å². The second kappa shape index (κ2) is 33.6. The lowest BCUT2D eigenvalue weighted by Crippen LogP contribution is -2.56. The van der Waals surface area contributed by atoms with E-state index in [1.165, 1.54) is 82.1 Å². The number of anilines is 5. The topological polar surface area (TPSA) is 332 Å². The van der Waals surface area contributed by atoms with E-state index in [0.29, 0.717) is 49.8 Å². The Hall–Kier alpha value is -11.7. The molecule has 131 heavy (non-hydrogen) atoms. The second-order valence-corrected chi connectivity index (χ2v) is 38.9. The van der Waals surface area contributed by atoms with Crippen molar-refractivity contribution in [3.8, 4) is 23.0 Å². The third-order valence-corrected chi connectivity index (χ3v) is 31.1. The number of aromatic nitrogens is 9. The first-order valence-corrected chi connectivity index (χ1v) is 48.2. The molecule has 4 spiro atoms. The number of fused-ring (bicyclic) bond motifs is 11. The molecule has 0 amide bonds. The molecule has 8 saturated heterocycles. The van der Waals surface area contributed by atoms with Crippen molar-refractivity contribution in [2.24, 2.45) is 42.9 Å². The number of nitrogens with two attached hydrogens (primary N) is 4. The van der Waals surface area contributed by atoms with Crippen molar-refractivity contribution in [1.82, 2.24) is 59.6 Å². The molecule has 4 aromatic carbocycles. The van der Waals surface area contributed by atoms with Crippen molar-refractivity contribution in [1.29, 1.82) is 0 Å². The number of hydrogen-bond acceptors (Lipinski definition) is 29. The predicted octanol–water partition coefficient (Wildman–Crippen LogP) is 12.7. The van der Waals surface area contributed by atoms with E-state index in [-0.39, 0.29) is 47.0 Å². The molecule has 17 aliphatic rings. The van der Waals surface area contributed by atoms with E-state index in [1.54, 1.807) is 12.1 Å². The zero-order chi connectivity index (χ0) is 88.6. The van der Waals surface area contributed by atoms with E-state index in [2.05, 4.69) is 81.4 Å². The molecule has 0 aliphatic carbocycles. The smallest absolute Gasteiger partial charge is 0.156 e. The number of hydrogen-bond donors (Lipinski definition) is 4. The molecule has 17 aliphatic heterocycles. The van der Waals surface area contributed by atoms with Crippen LogP contribution < -0.4 is 66.4 Å². The Kier molecular flexibility index (Phi) is 21.4. The van der Waals surface area contributed by atoms with Crippen LogP contribution in [0.1, 0.15) is 243 Å². The molecule has 0 saturated carbocycles. The van der Waals surface area contributed by atoms with Gasteiger partial charge >= 0.3 is 0 Å². The lowest BCUT2D eigenvalue weighted by molar-refractivity contribution is 0.0272. The van der Waals surface area contributed by atoms with Crippen LogP contribution in [-0.2, 0) is 32.6 Å². The summed E-state index contributed by atoms with van der Waals surface area (Å²) in [5.74, 6) is 10.5. The van der Waals surface area contributed by atoms with Gasteiger partial charge in [-0.15, -0.1) is 0 Å². The van der Waals surface area contributed by atoms with Gasteiger partial charge in [0.1, 0.15) is 103 Å². The standard InChI is InChI=1S/C28H29N7O.2C24H29FN6O.C24H30N6O/c29-26-19-5-1-2-8-23(19)36-28(26)13-17-9-10-18(14-28)35(17)24-16-31-25-21(33-24)15-32-27(25)34-12-4-6-20-22(34)7-3-11-30-20;1-15-22(29-18-14-27-23(20(18)28-15)30-9-3-2-4-10-30)31-11-7-24(8-12-31)21(26)17-13-16(25)5-6-19(17)32-24;1-15-22(29-18-14-27-23(20(18)28-15)30-9-3-2-4-10-30)31-11-7-24(8-12-31)21(26)17-6-5-16(25)13-19(17)32-24;1-16-22(28-18-15-26-23(20(18)27-16)29-11-5-2-6-12-29)30-13-9-24(10-14-30)21(25)17-7-3-4-8-19(17)31-24/h1-3,5,7-8,11,16-18,26H,4,6,9-10,12-15,29H2;2*5-6,13,21H,2-4,7-12,14,26H2,1H3;3-4,7-8,21H,2,5-6,9-15,25H2,1H3/t17-,18+,26-,28?;3*21-/m1111/s1. The van der Waals surface area contributed by atoms with Crippen molar-refractivity contribution in [2.75, 3.05) is 110 Å². The van der Waals surface area contributed by atoms with Gasteiger partial charge in [0.2, 0.25) is 0 Å². The molecule has 7 atom stereocenters. The Labute approximate surface area is 763 Å². The number of aryl methyl sites for hydroxylation is 4. The first-order valence-electron chi connectivity index (χ1n) is 48.2. The number of likely N-dealkylation sites (tertiary alicyclic amines) is 3. The summed E-state index contributed by atoms with van der Waals surface area (Å²) in [4.78, 5) is 82.7. The number of rotatable bonds is 4. The molecule has 31 heteroatoms. The van der Waals surface area contributed by atoms with Crippen LogP contribution in [0.5, 0.6) is 23.0 Å². The molecule has 680 valence electrons. The molecule has 5 aromatic heterocycles. The molecule has 2 bridgehead atoms. The minimum Gasteiger partial charge on any atom is -0.485 e. The SMILES string of the molecule is Cc1nc2c(nc1N1CCC3(CC1)Oc1cc(F)ccc1[C@H]3N)CN=C2N1CCCCC1.Cc1nc2c(nc1N1CCC3(CC1)Oc1ccc(F)cc1[C@H]3N)CN=C2N1CCCCC1.Cc1nc2c(nc1N1CCC3(CC1)Oc1ccccc1[C@H]3N)CN=C2N1CCCCC1.N[C@@H]1c2ccccc2OC12C[C@H]1CC[C@@H](C2)N1c1cnc2c(n1)CN=C2N1CCCc2ncccc21. The minimum absolute atomic E-state index is 0.0708. The first-order chi connectivity index (χ1) is 63.9. The highest BCUT2D eigenvalue weighted by Gasteiger charge is 2.58. The van der Waals surface area contributed by atoms with Crippen LogP contribution in [0.15, 0.2) is 129 Å². The molecule has 9 aromatic rings. The van der Waals surface area contributed by atoms with E-state index in [9.17, 15) is 8.78 Å². The van der Waals surface area contributed by atoms with Gasteiger partial charge in [0.15, 0.2) is 23.3 Å². The molecule has 1 unspecified atom stereocenters. The third-order valence-electron chi connectivity index (χ3n) is 31.1. The van der Waals surface area contributed by atoms with Crippen LogP contribution in [-0.4, -0.2) is 202 Å². The van der Waals surface area contributed by atoms with Gasteiger partial charge < -0.3 is 81.1 Å². The van der Waals surface area contributed by atoms with Crippen LogP contribution in [0.2, 0.25) is 0 Å². The summed E-state index contributed by atoms with van der Waals surface area (Å²) in [5.41, 5.74) is 41.8. The molecular weight excluding hydrogens is 1650 g/mol. The van der Waals surface area contributed by atoms with Crippen molar-refractivity contribution in [3.63, 3.8) is 0 Å². The number of para-hydroxylation sites is 2. The Morgan fingerprint density at radius 1 is 0.351 bits per heavy atom. The van der Waals surface area contributed by atoms with Crippen molar-refractivity contribution in [2.45, 2.75) is 240 Å². The fraction of sp³-hybridized carbons (Fsp3) is 0.510. The predicted molar refractivity (Wildman–Crippen MR) is 499 cm³/mol. The molecule has 8 fully saturated rings. The van der Waals surface area contributed by atoms with Crippen molar-refractivity contribution in [3.05, 3.63) is 212 Å². The number of ether oxygens (including phenoxy) is 4. The average Bonchev–Trinajstić information content (AvgIpc) is 1.57. The highest BCUT2D eigenvalue weighted by Crippen LogP contribution is 2.56. The van der Waals surface area contributed by atoms with E-state index in [4.69, 9.17) is 102 Å². The molecular formula is C100H117F2N25O4. The number of nitrogens with zero attached hydrogens (tertiary/aromatic N) is 21. The van der Waals surface area contributed by atoms with Crippen LogP contribution in [0.25, 0.3) is 0 Å². The first kappa shape index (κ1) is 83.7. The molecule has 26 rings (SSSR count). The highest BCUT2D eigenvalue weighted by molar-refractivity contribution is 6.11. The molecule has 29 nitrogen and oxygen atoms in total.